The molecule has 0 aromatic carbocycles. The van der Waals surface area contributed by atoms with Crippen molar-refractivity contribution in [2.24, 2.45) is 0 Å². The van der Waals surface area contributed by atoms with E-state index in [2.05, 4.69) is 21.3 Å². The maximum atomic E-state index is 8.61. The molecule has 1 N–H and O–H groups in total. The van der Waals surface area contributed by atoms with Crippen LogP contribution in [0.5, 0.6) is 0 Å². The molecule has 0 aliphatic heterocycles. The zero-order chi connectivity index (χ0) is 7.68. The van der Waals surface area contributed by atoms with Crippen LogP contribution in [0.15, 0.2) is 18.6 Å². The first-order valence-corrected chi connectivity index (χ1v) is 3.09. The number of nitriles is 1. The van der Waals surface area contributed by atoms with E-state index in [-0.39, 0.29) is 0 Å². The highest BCUT2D eigenvalue weighted by atomic mass is 15.1. The average Bonchev–Trinajstić information content (AvgIpc) is 2.47. The molecule has 2 rings (SSSR count). The molecule has 4 heteroatoms. The normalized spacial score (nSPS) is 9.73. The number of rotatable bonds is 0. The maximum absolute atomic E-state index is 8.61. The van der Waals surface area contributed by atoms with Gasteiger partial charge in [-0.05, 0) is 0 Å². The Kier molecular flexibility index (Phi) is 1.10. The lowest BCUT2D eigenvalue weighted by atomic mass is 10.2. The Morgan fingerprint density at radius 1 is 1.36 bits per heavy atom. The van der Waals surface area contributed by atoms with Crippen LogP contribution in [0, 0.1) is 11.3 Å². The minimum Gasteiger partial charge on any atom is -0.359 e. The lowest BCUT2D eigenvalue weighted by molar-refractivity contribution is 1.05. The average molecular weight is 144 g/mol. The number of aromatic nitrogens is 3. The van der Waals surface area contributed by atoms with Gasteiger partial charge in [-0.2, -0.15) is 15.5 Å². The first-order valence-electron chi connectivity index (χ1n) is 3.09. The Bertz CT molecular complexity index is 423. The van der Waals surface area contributed by atoms with Gasteiger partial charge in [0.2, 0.25) is 0 Å². The highest BCUT2D eigenvalue weighted by Crippen LogP contribution is 2.13. The Hall–Kier alpha value is -1.89. The molecule has 0 amide bonds. The van der Waals surface area contributed by atoms with Crippen LogP contribution in [0.2, 0.25) is 0 Å². The van der Waals surface area contributed by atoms with Crippen LogP contribution in [-0.4, -0.2) is 15.2 Å². The van der Waals surface area contributed by atoms with Crippen LogP contribution in [0.1, 0.15) is 5.56 Å². The van der Waals surface area contributed by atoms with Gasteiger partial charge in [-0.3, -0.25) is 0 Å². The quantitative estimate of drug-likeness (QED) is 0.595. The molecule has 11 heavy (non-hydrogen) atoms. The van der Waals surface area contributed by atoms with Crippen molar-refractivity contribution in [3.8, 4) is 6.07 Å². The van der Waals surface area contributed by atoms with E-state index in [1.165, 1.54) is 0 Å². The maximum Gasteiger partial charge on any atom is 0.101 e. The molecule has 0 atom stereocenters. The number of aromatic amines is 1. The van der Waals surface area contributed by atoms with E-state index in [0.717, 1.165) is 10.9 Å². The van der Waals surface area contributed by atoms with Crippen molar-refractivity contribution in [2.45, 2.75) is 0 Å². The Morgan fingerprint density at radius 3 is 3.00 bits per heavy atom. The molecule has 0 aliphatic rings. The summed E-state index contributed by atoms with van der Waals surface area (Å²) in [6, 6.07) is 2.05. The summed E-state index contributed by atoms with van der Waals surface area (Å²) in [5.41, 5.74) is 1.45. The zero-order valence-electron chi connectivity index (χ0n) is 5.57. The predicted molar refractivity (Wildman–Crippen MR) is 38.6 cm³/mol. The van der Waals surface area contributed by atoms with Crippen LogP contribution in [0.3, 0.4) is 0 Å². The van der Waals surface area contributed by atoms with E-state index < -0.39 is 0 Å². The second-order valence-electron chi connectivity index (χ2n) is 2.13. The standard InChI is InChI=1S/C7H4N4/c8-1-5-2-9-7-4-11-10-3-6(5)7/h2-4,9H. The molecule has 0 saturated heterocycles. The second kappa shape index (κ2) is 2.06. The third-order valence-electron chi connectivity index (χ3n) is 1.51. The fraction of sp³-hybridized carbons (Fsp3) is 0. The molecule has 0 spiro atoms. The van der Waals surface area contributed by atoms with E-state index in [9.17, 15) is 0 Å². The van der Waals surface area contributed by atoms with Crippen molar-refractivity contribution in [2.75, 3.05) is 0 Å². The van der Waals surface area contributed by atoms with Gasteiger partial charge in [0.25, 0.3) is 0 Å². The summed E-state index contributed by atoms with van der Waals surface area (Å²) < 4.78 is 0. The lowest BCUT2D eigenvalue weighted by Crippen LogP contribution is -1.77. The first kappa shape index (κ1) is 5.86. The summed E-state index contributed by atoms with van der Waals surface area (Å²) in [5, 5.41) is 16.8. The van der Waals surface area contributed by atoms with Crippen LogP contribution in [0.25, 0.3) is 10.9 Å². The van der Waals surface area contributed by atoms with Crippen molar-refractivity contribution in [1.82, 2.24) is 15.2 Å². The molecular weight excluding hydrogens is 140 g/mol. The molecule has 0 radical (unpaired) electrons. The summed E-state index contributed by atoms with van der Waals surface area (Å²) in [6.07, 6.45) is 4.81. The molecule has 52 valence electrons. The van der Waals surface area contributed by atoms with Crippen molar-refractivity contribution < 1.29 is 0 Å². The number of hydrogen-bond acceptors (Lipinski definition) is 3. The van der Waals surface area contributed by atoms with Gasteiger partial charge >= 0.3 is 0 Å². The van der Waals surface area contributed by atoms with E-state index in [1.807, 2.05) is 0 Å². The summed E-state index contributed by atoms with van der Waals surface area (Å²) in [4.78, 5) is 2.91. The topological polar surface area (TPSA) is 65.4 Å². The van der Waals surface area contributed by atoms with Crippen LogP contribution >= 0.6 is 0 Å². The Morgan fingerprint density at radius 2 is 2.18 bits per heavy atom. The third kappa shape index (κ3) is 0.749. The Balaban J connectivity index is 2.89. The van der Waals surface area contributed by atoms with Crippen molar-refractivity contribution >= 4 is 10.9 Å². The first-order chi connectivity index (χ1) is 5.42. The second-order valence-corrected chi connectivity index (χ2v) is 2.13. The summed E-state index contributed by atoms with van der Waals surface area (Å²) in [6.45, 7) is 0. The highest BCUT2D eigenvalue weighted by molar-refractivity contribution is 5.83. The van der Waals surface area contributed by atoms with Gasteiger partial charge in [-0.25, -0.2) is 0 Å². The molecule has 0 fully saturated rings. The van der Waals surface area contributed by atoms with Crippen molar-refractivity contribution in [3.63, 3.8) is 0 Å². The fourth-order valence-corrected chi connectivity index (χ4v) is 0.971. The molecule has 4 nitrogen and oxygen atoms in total. The van der Waals surface area contributed by atoms with Gasteiger partial charge < -0.3 is 4.98 Å². The van der Waals surface area contributed by atoms with Gasteiger partial charge in [0, 0.05) is 11.6 Å². The van der Waals surface area contributed by atoms with Crippen LogP contribution in [-0.2, 0) is 0 Å². The van der Waals surface area contributed by atoms with E-state index in [1.54, 1.807) is 18.6 Å². The van der Waals surface area contributed by atoms with Gasteiger partial charge in [-0.1, -0.05) is 0 Å². The molecule has 2 heterocycles. The Labute approximate surface area is 62.5 Å². The highest BCUT2D eigenvalue weighted by Gasteiger charge is 2.00. The molecule has 0 saturated carbocycles. The molecule has 0 bridgehead atoms. The van der Waals surface area contributed by atoms with Gasteiger partial charge in [0.15, 0.2) is 0 Å². The summed E-state index contributed by atoms with van der Waals surface area (Å²) in [5.74, 6) is 0. The van der Waals surface area contributed by atoms with Gasteiger partial charge in [0.05, 0.1) is 23.5 Å². The molecule has 0 aliphatic carbocycles. The van der Waals surface area contributed by atoms with E-state index >= 15 is 0 Å². The molecular formula is C7H4N4. The number of nitrogens with one attached hydrogen (secondary N) is 1. The van der Waals surface area contributed by atoms with Gasteiger partial charge in [-0.15, -0.1) is 0 Å². The van der Waals surface area contributed by atoms with E-state index in [0.29, 0.717) is 5.56 Å². The third-order valence-corrected chi connectivity index (χ3v) is 1.51. The van der Waals surface area contributed by atoms with Crippen molar-refractivity contribution in [3.05, 3.63) is 24.2 Å². The largest absolute Gasteiger partial charge is 0.359 e. The smallest absolute Gasteiger partial charge is 0.101 e. The number of fused-ring (bicyclic) bond motifs is 1. The SMILES string of the molecule is N#Cc1c[nH]c2cnncc12. The van der Waals surface area contributed by atoms with Gasteiger partial charge in [0.1, 0.15) is 6.07 Å². The van der Waals surface area contributed by atoms with Crippen LogP contribution < -0.4 is 0 Å². The van der Waals surface area contributed by atoms with Crippen molar-refractivity contribution in [1.29, 1.82) is 5.26 Å². The zero-order valence-corrected chi connectivity index (χ0v) is 5.57. The number of hydrogen-bond donors (Lipinski definition) is 1. The number of nitrogens with zero attached hydrogens (tertiary/aromatic N) is 3. The minimum absolute atomic E-state index is 0.606. The summed E-state index contributed by atoms with van der Waals surface area (Å²) >= 11 is 0. The summed E-state index contributed by atoms with van der Waals surface area (Å²) in [7, 11) is 0. The molecule has 2 aromatic rings. The lowest BCUT2D eigenvalue weighted by Gasteiger charge is -1.83. The molecule has 0 unspecified atom stereocenters. The van der Waals surface area contributed by atoms with Crippen LogP contribution in [0.4, 0.5) is 0 Å². The number of H-pyrrole nitrogens is 1. The van der Waals surface area contributed by atoms with E-state index in [4.69, 9.17) is 5.26 Å². The predicted octanol–water partition coefficient (Wildman–Crippen LogP) is 0.830. The monoisotopic (exact) mass is 144 g/mol. The minimum atomic E-state index is 0.606. The molecule has 2 aromatic heterocycles. The fourth-order valence-electron chi connectivity index (χ4n) is 0.971.